The molecule has 1 amide bonds. The molecule has 20 heavy (non-hydrogen) atoms. The Bertz CT molecular complexity index is 622. The molecular formula is C13H19N5OS. The Morgan fingerprint density at radius 3 is 2.85 bits per heavy atom. The maximum Gasteiger partial charge on any atom is 0.223 e. The molecule has 6 nitrogen and oxygen atoms in total. The van der Waals surface area contributed by atoms with Gasteiger partial charge in [0.25, 0.3) is 0 Å². The van der Waals surface area contributed by atoms with Gasteiger partial charge >= 0.3 is 0 Å². The van der Waals surface area contributed by atoms with Crippen LogP contribution < -0.4 is 11.1 Å². The van der Waals surface area contributed by atoms with E-state index in [9.17, 15) is 4.79 Å². The number of nitrogens with one attached hydrogen (secondary N) is 1. The second kappa shape index (κ2) is 6.04. The van der Waals surface area contributed by atoms with Crippen molar-refractivity contribution in [3.05, 3.63) is 10.9 Å². The van der Waals surface area contributed by atoms with Gasteiger partial charge in [0.15, 0.2) is 0 Å². The van der Waals surface area contributed by atoms with Crippen LogP contribution in [-0.4, -0.2) is 41.4 Å². The van der Waals surface area contributed by atoms with Crippen LogP contribution in [0.2, 0.25) is 0 Å². The molecule has 0 aliphatic carbocycles. The van der Waals surface area contributed by atoms with E-state index in [1.807, 2.05) is 0 Å². The highest BCUT2D eigenvalue weighted by Gasteiger charge is 2.11. The van der Waals surface area contributed by atoms with Crippen molar-refractivity contribution in [1.82, 2.24) is 14.9 Å². The van der Waals surface area contributed by atoms with Gasteiger partial charge in [-0.05, 0) is 12.5 Å². The molecule has 0 aliphatic rings. The average molecular weight is 293 g/mol. The van der Waals surface area contributed by atoms with E-state index in [4.69, 9.17) is 5.73 Å². The lowest BCUT2D eigenvalue weighted by Crippen LogP contribution is -2.24. The van der Waals surface area contributed by atoms with E-state index >= 15 is 0 Å². The Balaban J connectivity index is 2.16. The normalized spacial score (nSPS) is 10.8. The number of thiophene rings is 1. The van der Waals surface area contributed by atoms with Gasteiger partial charge in [0.2, 0.25) is 11.9 Å². The second-order valence-electron chi connectivity index (χ2n) is 4.68. The summed E-state index contributed by atoms with van der Waals surface area (Å²) in [5, 5.41) is 4.15. The summed E-state index contributed by atoms with van der Waals surface area (Å²) in [4.78, 5) is 23.7. The fourth-order valence-corrected chi connectivity index (χ4v) is 2.78. The van der Waals surface area contributed by atoms with E-state index in [1.54, 1.807) is 30.3 Å². The molecule has 0 aromatic carbocycles. The first-order chi connectivity index (χ1) is 9.51. The Kier molecular flexibility index (Phi) is 4.39. The van der Waals surface area contributed by atoms with Crippen LogP contribution in [-0.2, 0) is 11.2 Å². The molecule has 0 saturated carbocycles. The monoisotopic (exact) mass is 293 g/mol. The van der Waals surface area contributed by atoms with E-state index in [-0.39, 0.29) is 11.9 Å². The van der Waals surface area contributed by atoms with Gasteiger partial charge < -0.3 is 16.0 Å². The van der Waals surface area contributed by atoms with Crippen LogP contribution in [0, 0.1) is 0 Å². The summed E-state index contributed by atoms with van der Waals surface area (Å²) >= 11 is 1.62. The van der Waals surface area contributed by atoms with Crippen molar-refractivity contribution in [3.8, 4) is 0 Å². The molecule has 2 heterocycles. The molecule has 0 aliphatic heterocycles. The minimum atomic E-state index is 0.0790. The number of nitrogens with two attached hydrogens (primary N) is 1. The van der Waals surface area contributed by atoms with Crippen LogP contribution >= 0.6 is 11.3 Å². The van der Waals surface area contributed by atoms with Gasteiger partial charge in [0, 0.05) is 31.9 Å². The first-order valence-corrected chi connectivity index (χ1v) is 7.33. The Morgan fingerprint density at radius 2 is 2.20 bits per heavy atom. The standard InChI is InChI=1S/C13H19N5OS/c1-4-8-7-9-11(15-6-5-10(19)18(2)3)16-13(14)17-12(9)20-8/h7H,4-6H2,1-3H3,(H3,14,15,16,17). The van der Waals surface area contributed by atoms with Crippen molar-refractivity contribution in [3.63, 3.8) is 0 Å². The topological polar surface area (TPSA) is 84.1 Å². The molecule has 2 aromatic rings. The number of nitrogens with zero attached hydrogens (tertiary/aromatic N) is 3. The molecule has 0 fully saturated rings. The molecule has 0 bridgehead atoms. The highest BCUT2D eigenvalue weighted by Crippen LogP contribution is 2.29. The second-order valence-corrected chi connectivity index (χ2v) is 5.80. The zero-order chi connectivity index (χ0) is 14.7. The average Bonchev–Trinajstić information content (AvgIpc) is 2.81. The number of nitrogen functional groups attached to an aromatic ring is 1. The van der Waals surface area contributed by atoms with Gasteiger partial charge in [-0.2, -0.15) is 4.98 Å². The first kappa shape index (κ1) is 14.5. The van der Waals surface area contributed by atoms with Crippen LogP contribution in [0.15, 0.2) is 6.07 Å². The molecule has 108 valence electrons. The van der Waals surface area contributed by atoms with Crippen molar-refractivity contribution < 1.29 is 4.79 Å². The summed E-state index contributed by atoms with van der Waals surface area (Å²) in [5.41, 5.74) is 5.72. The minimum absolute atomic E-state index is 0.0790. The lowest BCUT2D eigenvalue weighted by atomic mass is 10.3. The Hall–Kier alpha value is -1.89. The van der Waals surface area contributed by atoms with Crippen LogP contribution in [0.1, 0.15) is 18.2 Å². The fourth-order valence-electron chi connectivity index (χ4n) is 1.81. The first-order valence-electron chi connectivity index (χ1n) is 6.51. The summed E-state index contributed by atoms with van der Waals surface area (Å²) < 4.78 is 0. The lowest BCUT2D eigenvalue weighted by molar-refractivity contribution is -0.128. The molecular weight excluding hydrogens is 274 g/mol. The predicted molar refractivity (Wildman–Crippen MR) is 83.0 cm³/mol. The number of carbonyl (C=O) groups is 1. The van der Waals surface area contributed by atoms with E-state index < -0.39 is 0 Å². The van der Waals surface area contributed by atoms with Crippen molar-refractivity contribution in [2.45, 2.75) is 19.8 Å². The highest BCUT2D eigenvalue weighted by atomic mass is 32.1. The lowest BCUT2D eigenvalue weighted by Gasteiger charge is -2.11. The van der Waals surface area contributed by atoms with Gasteiger partial charge in [0.1, 0.15) is 10.6 Å². The number of rotatable bonds is 5. The molecule has 0 atom stereocenters. The maximum absolute atomic E-state index is 11.5. The van der Waals surface area contributed by atoms with Crippen LogP contribution in [0.3, 0.4) is 0 Å². The predicted octanol–water partition coefficient (Wildman–Crippen LogP) is 1.73. The zero-order valence-corrected chi connectivity index (χ0v) is 12.8. The third-order valence-corrected chi connectivity index (χ3v) is 4.11. The maximum atomic E-state index is 11.5. The molecule has 0 saturated heterocycles. The molecule has 7 heteroatoms. The fraction of sp³-hybridized carbons (Fsp3) is 0.462. The van der Waals surface area contributed by atoms with Crippen LogP contribution in [0.4, 0.5) is 11.8 Å². The van der Waals surface area contributed by atoms with Gasteiger partial charge in [-0.1, -0.05) is 6.92 Å². The van der Waals surface area contributed by atoms with E-state index in [0.717, 1.165) is 16.6 Å². The smallest absolute Gasteiger partial charge is 0.223 e. The Labute approximate surface area is 122 Å². The van der Waals surface area contributed by atoms with E-state index in [1.165, 1.54) is 4.88 Å². The van der Waals surface area contributed by atoms with Gasteiger partial charge in [-0.3, -0.25) is 4.79 Å². The van der Waals surface area contributed by atoms with Gasteiger partial charge in [-0.15, -0.1) is 11.3 Å². The summed E-state index contributed by atoms with van der Waals surface area (Å²) in [6, 6.07) is 2.08. The number of aromatic nitrogens is 2. The highest BCUT2D eigenvalue weighted by molar-refractivity contribution is 7.18. The number of hydrogen-bond donors (Lipinski definition) is 2. The van der Waals surface area contributed by atoms with Gasteiger partial charge in [-0.25, -0.2) is 4.98 Å². The third kappa shape index (κ3) is 3.16. The summed E-state index contributed by atoms with van der Waals surface area (Å²) in [6.07, 6.45) is 1.38. The van der Waals surface area contributed by atoms with Crippen LogP contribution in [0.25, 0.3) is 10.2 Å². The largest absolute Gasteiger partial charge is 0.369 e. The van der Waals surface area contributed by atoms with Crippen LogP contribution in [0.5, 0.6) is 0 Å². The summed E-state index contributed by atoms with van der Waals surface area (Å²) in [7, 11) is 3.49. The number of fused-ring (bicyclic) bond motifs is 1. The molecule has 2 rings (SSSR count). The van der Waals surface area contributed by atoms with Crippen molar-refractivity contribution in [2.24, 2.45) is 0 Å². The summed E-state index contributed by atoms with van der Waals surface area (Å²) in [5.74, 6) is 1.04. The van der Waals surface area contributed by atoms with E-state index in [0.29, 0.717) is 18.8 Å². The Morgan fingerprint density at radius 1 is 1.45 bits per heavy atom. The third-order valence-electron chi connectivity index (χ3n) is 2.94. The van der Waals surface area contributed by atoms with Crippen molar-refractivity contribution in [1.29, 1.82) is 0 Å². The molecule has 0 unspecified atom stereocenters. The summed E-state index contributed by atoms with van der Waals surface area (Å²) in [6.45, 7) is 2.63. The number of amides is 1. The minimum Gasteiger partial charge on any atom is -0.369 e. The molecule has 2 aromatic heterocycles. The number of aryl methyl sites for hydroxylation is 1. The number of anilines is 2. The molecule has 0 radical (unpaired) electrons. The number of hydrogen-bond acceptors (Lipinski definition) is 6. The van der Waals surface area contributed by atoms with Crippen molar-refractivity contribution >= 4 is 39.2 Å². The van der Waals surface area contributed by atoms with E-state index in [2.05, 4.69) is 28.3 Å². The van der Waals surface area contributed by atoms with Gasteiger partial charge in [0.05, 0.1) is 5.39 Å². The SMILES string of the molecule is CCc1cc2c(NCCC(=O)N(C)C)nc(N)nc2s1. The molecule has 3 N–H and O–H groups in total. The zero-order valence-electron chi connectivity index (χ0n) is 11.9. The van der Waals surface area contributed by atoms with Crippen molar-refractivity contribution in [2.75, 3.05) is 31.7 Å². The molecule has 0 spiro atoms. The quantitative estimate of drug-likeness (QED) is 0.877. The number of carbonyl (C=O) groups excluding carboxylic acids is 1.